The minimum Gasteiger partial charge on any atom is -0.476 e. The maximum absolute atomic E-state index is 12.4. The molecule has 0 aliphatic carbocycles. The van der Waals surface area contributed by atoms with Gasteiger partial charge in [0.05, 0.1) is 6.61 Å². The van der Waals surface area contributed by atoms with Crippen molar-refractivity contribution in [2.45, 2.75) is 32.8 Å². The van der Waals surface area contributed by atoms with Gasteiger partial charge in [-0.15, -0.1) is 0 Å². The molecule has 132 valence electrons. The van der Waals surface area contributed by atoms with Crippen LogP contribution in [-0.2, 0) is 9.53 Å². The number of rotatable bonds is 7. The largest absolute Gasteiger partial charge is 0.476 e. The molecule has 0 spiro atoms. The van der Waals surface area contributed by atoms with E-state index in [2.05, 4.69) is 0 Å². The standard InChI is InChI=1S/C20H21ClO4/c1-4-20(3,19(23)24-5-2)25-17-12-8-15(9-13-17)18(22)14-6-10-16(21)11-7-14/h6-13H,4-5H2,1-3H3. The van der Waals surface area contributed by atoms with Crippen LogP contribution in [0.1, 0.15) is 43.1 Å². The molecule has 2 aromatic carbocycles. The first kappa shape index (κ1) is 19.0. The van der Waals surface area contributed by atoms with Crippen molar-refractivity contribution < 1.29 is 19.1 Å². The topological polar surface area (TPSA) is 52.6 Å². The Balaban J connectivity index is 2.15. The normalized spacial score (nSPS) is 13.0. The van der Waals surface area contributed by atoms with Gasteiger partial charge in [-0.05, 0) is 68.8 Å². The van der Waals surface area contributed by atoms with Gasteiger partial charge >= 0.3 is 5.97 Å². The smallest absolute Gasteiger partial charge is 0.350 e. The van der Waals surface area contributed by atoms with Gasteiger partial charge in [-0.25, -0.2) is 4.79 Å². The number of carbonyl (C=O) groups excluding carboxylic acids is 2. The molecule has 0 N–H and O–H groups in total. The molecule has 25 heavy (non-hydrogen) atoms. The van der Waals surface area contributed by atoms with E-state index in [0.29, 0.717) is 34.9 Å². The molecular formula is C20H21ClO4. The van der Waals surface area contributed by atoms with Crippen LogP contribution in [0.5, 0.6) is 5.75 Å². The van der Waals surface area contributed by atoms with Crippen molar-refractivity contribution in [1.29, 1.82) is 0 Å². The van der Waals surface area contributed by atoms with Crippen LogP contribution in [0.2, 0.25) is 5.02 Å². The minimum atomic E-state index is -1.06. The van der Waals surface area contributed by atoms with Gasteiger partial charge in [-0.1, -0.05) is 18.5 Å². The van der Waals surface area contributed by atoms with Crippen LogP contribution in [0.4, 0.5) is 0 Å². The van der Waals surface area contributed by atoms with Crippen molar-refractivity contribution in [2.75, 3.05) is 6.61 Å². The summed E-state index contributed by atoms with van der Waals surface area (Å²) >= 11 is 5.84. The third-order valence-electron chi connectivity index (χ3n) is 3.95. The molecule has 1 atom stereocenters. The number of hydrogen-bond donors (Lipinski definition) is 0. The molecule has 0 aliphatic rings. The highest BCUT2D eigenvalue weighted by atomic mass is 35.5. The Bertz CT molecular complexity index is 737. The summed E-state index contributed by atoms with van der Waals surface area (Å²) in [6.45, 7) is 5.60. The summed E-state index contributed by atoms with van der Waals surface area (Å²) in [5.41, 5.74) is 0.0320. The molecule has 2 rings (SSSR count). The number of halogens is 1. The predicted octanol–water partition coefficient (Wildman–Crippen LogP) is 4.68. The molecule has 0 bridgehead atoms. The molecular weight excluding hydrogens is 340 g/mol. The SMILES string of the molecule is CCOC(=O)C(C)(CC)Oc1ccc(C(=O)c2ccc(Cl)cc2)cc1. The van der Waals surface area contributed by atoms with Gasteiger partial charge < -0.3 is 9.47 Å². The van der Waals surface area contributed by atoms with Crippen molar-refractivity contribution in [3.05, 3.63) is 64.7 Å². The lowest BCUT2D eigenvalue weighted by atomic mass is 10.0. The van der Waals surface area contributed by atoms with Crippen molar-refractivity contribution in [2.24, 2.45) is 0 Å². The van der Waals surface area contributed by atoms with Gasteiger partial charge in [0.2, 0.25) is 5.60 Å². The zero-order valence-electron chi connectivity index (χ0n) is 14.5. The summed E-state index contributed by atoms with van der Waals surface area (Å²) in [6, 6.07) is 13.4. The van der Waals surface area contributed by atoms with E-state index >= 15 is 0 Å². The van der Waals surface area contributed by atoms with Crippen LogP contribution in [0.3, 0.4) is 0 Å². The molecule has 0 saturated heterocycles. The molecule has 0 radical (unpaired) electrons. The second-order valence-electron chi connectivity index (χ2n) is 5.77. The molecule has 5 heteroatoms. The molecule has 0 aromatic heterocycles. The van der Waals surface area contributed by atoms with Crippen LogP contribution in [0.15, 0.2) is 48.5 Å². The first-order chi connectivity index (χ1) is 11.9. The van der Waals surface area contributed by atoms with Crippen molar-refractivity contribution in [3.8, 4) is 5.75 Å². The second kappa shape index (κ2) is 8.17. The third kappa shape index (κ3) is 4.60. The average molecular weight is 361 g/mol. The lowest BCUT2D eigenvalue weighted by molar-refractivity contribution is -0.160. The first-order valence-electron chi connectivity index (χ1n) is 8.16. The fraction of sp³-hybridized carbons (Fsp3) is 0.300. The van der Waals surface area contributed by atoms with E-state index in [1.807, 2.05) is 6.92 Å². The summed E-state index contributed by atoms with van der Waals surface area (Å²) in [7, 11) is 0. The summed E-state index contributed by atoms with van der Waals surface area (Å²) in [5, 5.41) is 0.582. The van der Waals surface area contributed by atoms with Crippen LogP contribution in [0.25, 0.3) is 0 Å². The Kier molecular flexibility index (Phi) is 6.21. The van der Waals surface area contributed by atoms with E-state index in [0.717, 1.165) is 0 Å². The highest BCUT2D eigenvalue weighted by Crippen LogP contribution is 2.24. The van der Waals surface area contributed by atoms with Gasteiger partial charge in [-0.3, -0.25) is 4.79 Å². The maximum atomic E-state index is 12.4. The zero-order valence-corrected chi connectivity index (χ0v) is 15.3. The molecule has 0 amide bonds. The van der Waals surface area contributed by atoms with E-state index in [1.165, 1.54) is 0 Å². The molecule has 0 aliphatic heterocycles. The molecule has 4 nitrogen and oxygen atoms in total. The molecule has 2 aromatic rings. The highest BCUT2D eigenvalue weighted by Gasteiger charge is 2.35. The van der Waals surface area contributed by atoms with Crippen molar-refractivity contribution >= 4 is 23.4 Å². The van der Waals surface area contributed by atoms with E-state index in [1.54, 1.807) is 62.4 Å². The number of benzene rings is 2. The van der Waals surface area contributed by atoms with Crippen molar-refractivity contribution in [3.63, 3.8) is 0 Å². The van der Waals surface area contributed by atoms with Gasteiger partial charge in [-0.2, -0.15) is 0 Å². The molecule has 0 saturated carbocycles. The number of carbonyl (C=O) groups is 2. The highest BCUT2D eigenvalue weighted by molar-refractivity contribution is 6.30. The quantitative estimate of drug-likeness (QED) is 0.531. The number of hydrogen-bond acceptors (Lipinski definition) is 4. The van der Waals surface area contributed by atoms with Crippen molar-refractivity contribution in [1.82, 2.24) is 0 Å². The summed E-state index contributed by atoms with van der Waals surface area (Å²) < 4.78 is 10.9. The number of ketones is 1. The Labute approximate surface area is 152 Å². The second-order valence-corrected chi connectivity index (χ2v) is 6.20. The van der Waals surface area contributed by atoms with Crippen LogP contribution < -0.4 is 4.74 Å². The minimum absolute atomic E-state index is 0.105. The average Bonchev–Trinajstić information content (AvgIpc) is 2.62. The monoisotopic (exact) mass is 360 g/mol. The third-order valence-corrected chi connectivity index (χ3v) is 4.20. The number of ether oxygens (including phenoxy) is 2. The molecule has 1 unspecified atom stereocenters. The zero-order chi connectivity index (χ0) is 18.4. The Morgan fingerprint density at radius 1 is 0.960 bits per heavy atom. The molecule has 0 fully saturated rings. The molecule has 0 heterocycles. The van der Waals surface area contributed by atoms with Gasteiger partial charge in [0.1, 0.15) is 5.75 Å². The maximum Gasteiger partial charge on any atom is 0.350 e. The van der Waals surface area contributed by atoms with Crippen LogP contribution in [-0.4, -0.2) is 24.0 Å². The summed E-state index contributed by atoms with van der Waals surface area (Å²) in [6.07, 6.45) is 0.470. The van der Waals surface area contributed by atoms with Crippen LogP contribution >= 0.6 is 11.6 Å². The Morgan fingerprint density at radius 2 is 1.48 bits per heavy atom. The first-order valence-corrected chi connectivity index (χ1v) is 8.54. The fourth-order valence-corrected chi connectivity index (χ4v) is 2.37. The Morgan fingerprint density at radius 3 is 1.96 bits per heavy atom. The van der Waals surface area contributed by atoms with Crippen LogP contribution in [0, 0.1) is 0 Å². The van der Waals surface area contributed by atoms with Gasteiger partial charge in [0.15, 0.2) is 5.78 Å². The van der Waals surface area contributed by atoms with E-state index in [-0.39, 0.29) is 5.78 Å². The Hall–Kier alpha value is -2.33. The van der Waals surface area contributed by atoms with E-state index in [4.69, 9.17) is 21.1 Å². The van der Waals surface area contributed by atoms with E-state index in [9.17, 15) is 9.59 Å². The summed E-state index contributed by atoms with van der Waals surface area (Å²) in [4.78, 5) is 24.5. The van der Waals surface area contributed by atoms with E-state index < -0.39 is 11.6 Å². The van der Waals surface area contributed by atoms with Gasteiger partial charge in [0, 0.05) is 16.1 Å². The lowest BCUT2D eigenvalue weighted by Crippen LogP contribution is -2.42. The number of esters is 1. The lowest BCUT2D eigenvalue weighted by Gasteiger charge is -2.27. The predicted molar refractivity (Wildman–Crippen MR) is 97.3 cm³/mol. The van der Waals surface area contributed by atoms with Gasteiger partial charge in [0.25, 0.3) is 0 Å². The summed E-state index contributed by atoms with van der Waals surface area (Å²) in [5.74, 6) is -0.00395. The fourth-order valence-electron chi connectivity index (χ4n) is 2.24.